The summed E-state index contributed by atoms with van der Waals surface area (Å²) in [6, 6.07) is 2.55. The summed E-state index contributed by atoms with van der Waals surface area (Å²) < 4.78 is 12.4. The molecule has 1 N–H and O–H groups in total. The van der Waals surface area contributed by atoms with E-state index in [-0.39, 0.29) is 5.82 Å². The van der Waals surface area contributed by atoms with E-state index in [4.69, 9.17) is 0 Å². The molecule has 0 bridgehead atoms. The number of pyridine rings is 1. The highest BCUT2D eigenvalue weighted by Crippen LogP contribution is 2.02. The van der Waals surface area contributed by atoms with Crippen LogP contribution in [0.3, 0.4) is 0 Å². The Morgan fingerprint density at radius 3 is 2.92 bits per heavy atom. The van der Waals surface area contributed by atoms with Gasteiger partial charge in [-0.2, -0.15) is 0 Å². The second kappa shape index (κ2) is 4.58. The van der Waals surface area contributed by atoms with Crippen LogP contribution in [-0.2, 0) is 4.79 Å². The molecule has 0 aliphatic heterocycles. The predicted molar refractivity (Wildman–Crippen MR) is 49.5 cm³/mol. The van der Waals surface area contributed by atoms with Crippen LogP contribution < -0.4 is 5.32 Å². The maximum absolute atomic E-state index is 12.4. The molecule has 1 heterocycles. The van der Waals surface area contributed by atoms with Crippen molar-refractivity contribution < 1.29 is 9.18 Å². The Balaban J connectivity index is 2.68. The fraction of sp³-hybridized carbons (Fsp3) is 0. The smallest absolute Gasteiger partial charge is 0.300 e. The first-order valence-corrected chi connectivity index (χ1v) is 4.06. The average molecular weight is 243 g/mol. The minimum Gasteiger partial charge on any atom is -0.300 e. The number of amides is 1. The van der Waals surface area contributed by atoms with Crippen molar-refractivity contribution >= 4 is 27.7 Å². The normalized spacial score (nSPS) is 8.46. The molecular weight excluding hydrogens is 239 g/mol. The third-order valence-electron chi connectivity index (χ3n) is 1.13. The molecule has 3 nitrogen and oxygen atoms in total. The topological polar surface area (TPSA) is 42.0 Å². The Bertz CT molecular complexity index is 366. The average Bonchev–Trinajstić information content (AvgIpc) is 2.09. The van der Waals surface area contributed by atoms with E-state index in [9.17, 15) is 9.18 Å². The summed E-state index contributed by atoms with van der Waals surface area (Å²) in [6.07, 6.45) is 1.01. The molecule has 0 fully saturated rings. The van der Waals surface area contributed by atoms with Crippen molar-refractivity contribution in [2.45, 2.75) is 0 Å². The number of hydrogen-bond acceptors (Lipinski definition) is 2. The van der Waals surface area contributed by atoms with E-state index in [0.29, 0.717) is 0 Å². The maximum Gasteiger partial charge on any atom is 0.302 e. The number of nitrogens with one attached hydrogen (secondary N) is 1. The molecule has 0 radical (unpaired) electrons. The lowest BCUT2D eigenvalue weighted by atomic mass is 10.4. The molecule has 1 amide bonds. The SMILES string of the molecule is O=C(C#CBr)Nc1ccc(F)cn1. The lowest BCUT2D eigenvalue weighted by molar-refractivity contribution is -0.111. The van der Waals surface area contributed by atoms with Gasteiger partial charge in [0, 0.05) is 21.9 Å². The number of hydrogen-bond donors (Lipinski definition) is 1. The number of halogens is 2. The molecular formula is C8H4BrFN2O. The van der Waals surface area contributed by atoms with Gasteiger partial charge in [0.1, 0.15) is 11.6 Å². The molecule has 0 spiro atoms. The highest BCUT2D eigenvalue weighted by atomic mass is 79.9. The first-order chi connectivity index (χ1) is 6.22. The van der Waals surface area contributed by atoms with Crippen LogP contribution in [0.4, 0.5) is 10.2 Å². The summed E-state index contributed by atoms with van der Waals surface area (Å²) in [5, 5.41) is 2.35. The molecule has 0 unspecified atom stereocenters. The van der Waals surface area contributed by atoms with Crippen LogP contribution in [0.25, 0.3) is 0 Å². The summed E-state index contributed by atoms with van der Waals surface area (Å²) >= 11 is 2.77. The Labute approximate surface area is 82.5 Å². The van der Waals surface area contributed by atoms with E-state index < -0.39 is 11.7 Å². The Kier molecular flexibility index (Phi) is 3.41. The number of carbonyl (C=O) groups excluding carboxylic acids is 1. The first kappa shape index (κ1) is 9.68. The van der Waals surface area contributed by atoms with Crippen LogP contribution in [0.2, 0.25) is 0 Å². The summed E-state index contributed by atoms with van der Waals surface area (Å²) in [5.74, 6) is 1.50. The van der Waals surface area contributed by atoms with E-state index in [1.165, 1.54) is 12.1 Å². The number of aromatic nitrogens is 1. The second-order valence-corrected chi connectivity index (χ2v) is 2.43. The zero-order chi connectivity index (χ0) is 9.68. The van der Waals surface area contributed by atoms with Gasteiger partial charge in [-0.1, -0.05) is 0 Å². The summed E-state index contributed by atoms with van der Waals surface area (Å²) in [5.41, 5.74) is 0. The highest BCUT2D eigenvalue weighted by Gasteiger charge is 1.98. The van der Waals surface area contributed by atoms with Crippen LogP contribution in [0, 0.1) is 16.6 Å². The van der Waals surface area contributed by atoms with E-state index in [0.717, 1.165) is 6.20 Å². The Morgan fingerprint density at radius 1 is 1.62 bits per heavy atom. The van der Waals surface area contributed by atoms with Gasteiger partial charge in [-0.3, -0.25) is 10.1 Å². The molecule has 1 aromatic heterocycles. The van der Waals surface area contributed by atoms with Crippen LogP contribution in [0.1, 0.15) is 0 Å². The number of nitrogens with zero attached hydrogens (tertiary/aromatic N) is 1. The number of rotatable bonds is 1. The van der Waals surface area contributed by atoms with Crippen molar-refractivity contribution in [2.75, 3.05) is 5.32 Å². The molecule has 0 aromatic carbocycles. The largest absolute Gasteiger partial charge is 0.302 e. The molecule has 0 aliphatic rings. The van der Waals surface area contributed by atoms with Gasteiger partial charge in [0.05, 0.1) is 6.20 Å². The van der Waals surface area contributed by atoms with Gasteiger partial charge in [0.25, 0.3) is 0 Å². The number of anilines is 1. The minimum atomic E-state index is -0.504. The predicted octanol–water partition coefficient (Wildman–Crippen LogP) is 1.51. The number of carbonyl (C=O) groups is 1. The maximum atomic E-state index is 12.4. The summed E-state index contributed by atoms with van der Waals surface area (Å²) in [6.45, 7) is 0. The Morgan fingerprint density at radius 2 is 2.38 bits per heavy atom. The molecule has 0 aliphatic carbocycles. The van der Waals surface area contributed by atoms with Crippen molar-refractivity contribution in [3.63, 3.8) is 0 Å². The second-order valence-electron chi connectivity index (χ2n) is 2.04. The van der Waals surface area contributed by atoms with Crippen molar-refractivity contribution in [1.82, 2.24) is 4.98 Å². The fourth-order valence-corrected chi connectivity index (χ4v) is 0.820. The zero-order valence-electron chi connectivity index (χ0n) is 6.34. The van der Waals surface area contributed by atoms with Crippen molar-refractivity contribution in [3.8, 4) is 10.8 Å². The molecule has 0 saturated heterocycles. The van der Waals surface area contributed by atoms with Crippen molar-refractivity contribution in [2.24, 2.45) is 0 Å². The lowest BCUT2D eigenvalue weighted by Gasteiger charge is -1.97. The van der Waals surface area contributed by atoms with Gasteiger partial charge in [-0.05, 0) is 17.0 Å². The van der Waals surface area contributed by atoms with Gasteiger partial charge in [0.15, 0.2) is 0 Å². The molecule has 0 atom stereocenters. The van der Waals surface area contributed by atoms with E-state index in [1.54, 1.807) is 0 Å². The van der Waals surface area contributed by atoms with E-state index in [1.807, 2.05) is 0 Å². The third kappa shape index (κ3) is 3.22. The van der Waals surface area contributed by atoms with Crippen LogP contribution in [0.5, 0.6) is 0 Å². The quantitative estimate of drug-likeness (QED) is 0.759. The first-order valence-electron chi connectivity index (χ1n) is 3.26. The standard InChI is InChI=1S/C8H4BrFN2O/c9-4-3-8(13)12-7-2-1-6(10)5-11-7/h1-2,5H,(H,11,12,13). The monoisotopic (exact) mass is 242 g/mol. The van der Waals surface area contributed by atoms with Crippen LogP contribution in [-0.4, -0.2) is 10.9 Å². The molecule has 1 aromatic rings. The lowest BCUT2D eigenvalue weighted by Crippen LogP contribution is -2.09. The van der Waals surface area contributed by atoms with E-state index >= 15 is 0 Å². The molecule has 66 valence electrons. The van der Waals surface area contributed by atoms with Crippen molar-refractivity contribution in [3.05, 3.63) is 24.1 Å². The molecule has 5 heteroatoms. The molecule has 1 rings (SSSR count). The highest BCUT2D eigenvalue weighted by molar-refractivity contribution is 9.12. The third-order valence-corrected chi connectivity index (χ3v) is 1.33. The van der Waals surface area contributed by atoms with Gasteiger partial charge >= 0.3 is 5.91 Å². The summed E-state index contributed by atoms with van der Waals surface area (Å²) in [4.78, 5) is 16.7. The van der Waals surface area contributed by atoms with E-state index in [2.05, 4.69) is 37.0 Å². The minimum absolute atomic E-state index is 0.265. The van der Waals surface area contributed by atoms with Gasteiger partial charge < -0.3 is 0 Å². The van der Waals surface area contributed by atoms with Crippen LogP contribution in [0.15, 0.2) is 18.3 Å². The fourth-order valence-electron chi connectivity index (χ4n) is 0.640. The van der Waals surface area contributed by atoms with Crippen molar-refractivity contribution in [1.29, 1.82) is 0 Å². The van der Waals surface area contributed by atoms with Gasteiger partial charge in [-0.25, -0.2) is 9.37 Å². The molecule has 0 saturated carbocycles. The Hall–Kier alpha value is -1.41. The van der Waals surface area contributed by atoms with Crippen LogP contribution >= 0.6 is 15.9 Å². The zero-order valence-corrected chi connectivity index (χ0v) is 7.93. The van der Waals surface area contributed by atoms with Gasteiger partial charge in [0.2, 0.25) is 0 Å². The summed E-state index contributed by atoms with van der Waals surface area (Å²) in [7, 11) is 0. The molecule has 13 heavy (non-hydrogen) atoms. The van der Waals surface area contributed by atoms with Gasteiger partial charge in [-0.15, -0.1) is 0 Å².